The zero-order chi connectivity index (χ0) is 16.0. The number of hydrogen-bond acceptors (Lipinski definition) is 2. The van der Waals surface area contributed by atoms with Crippen LogP contribution in [0.4, 0.5) is 13.2 Å². The molecule has 2 aromatic rings. The minimum absolute atomic E-state index is 0.250. The maximum absolute atomic E-state index is 12.6. The summed E-state index contributed by atoms with van der Waals surface area (Å²) in [6, 6.07) is 9.49. The molecule has 21 heavy (non-hydrogen) atoms. The van der Waals surface area contributed by atoms with Crippen molar-refractivity contribution in [2.45, 2.75) is 13.1 Å². The molecule has 4 nitrogen and oxygen atoms in total. The molecule has 0 unspecified atom stereocenters. The van der Waals surface area contributed by atoms with Crippen molar-refractivity contribution in [3.05, 3.63) is 53.3 Å². The van der Waals surface area contributed by atoms with Crippen LogP contribution < -0.4 is 0 Å². The van der Waals surface area contributed by atoms with E-state index in [1.54, 1.807) is 31.2 Å². The lowest BCUT2D eigenvalue weighted by atomic mass is 10.2. The average molecular weight is 296 g/mol. The molecule has 0 saturated carbocycles. The Labute approximate surface area is 118 Å². The molecule has 110 valence electrons. The molecule has 0 atom stereocenters. The summed E-state index contributed by atoms with van der Waals surface area (Å²) in [6.07, 6.45) is -3.32. The Balaban J connectivity index is 0.000000677. The highest BCUT2D eigenvalue weighted by molar-refractivity contribution is 5.43. The lowest BCUT2D eigenvalue weighted by Crippen LogP contribution is -2.03. The van der Waals surface area contributed by atoms with Crippen molar-refractivity contribution in [1.82, 2.24) is 4.57 Å². The van der Waals surface area contributed by atoms with Gasteiger partial charge in [0, 0.05) is 17.6 Å². The van der Waals surface area contributed by atoms with Crippen LogP contribution in [0.15, 0.2) is 36.5 Å². The highest BCUT2D eigenvalue weighted by Crippen LogP contribution is 2.31. The van der Waals surface area contributed by atoms with Gasteiger partial charge in [0.1, 0.15) is 0 Å². The second-order valence-corrected chi connectivity index (χ2v) is 4.01. The minimum Gasteiger partial charge on any atom is -0.483 e. The van der Waals surface area contributed by atoms with Gasteiger partial charge in [0.15, 0.2) is 0 Å². The Morgan fingerprint density at radius 3 is 2.43 bits per heavy atom. The largest absolute Gasteiger partial charge is 0.483 e. The first kappa shape index (κ1) is 16.3. The number of halogens is 3. The second kappa shape index (κ2) is 6.61. The number of alkyl halides is 3. The molecule has 1 heterocycles. The standard InChI is InChI=1S/C13H9F3N2.CH2O2/c1-9-5-11(13(14,15)16)8-18(9)12-4-2-3-10(6-12)7-17;2-1-3/h2-6,8H,1H3;1H,(H,2,3). The molecule has 0 spiro atoms. The number of rotatable bonds is 1. The Morgan fingerprint density at radius 1 is 1.33 bits per heavy atom. The first-order valence-corrected chi connectivity index (χ1v) is 5.68. The van der Waals surface area contributed by atoms with Gasteiger partial charge in [-0.05, 0) is 31.2 Å². The Bertz CT molecular complexity index is 670. The maximum atomic E-state index is 12.6. The molecule has 0 aliphatic rings. The number of aromatic nitrogens is 1. The van der Waals surface area contributed by atoms with Gasteiger partial charge in [0.05, 0.1) is 17.2 Å². The zero-order valence-electron chi connectivity index (χ0n) is 10.9. The zero-order valence-corrected chi connectivity index (χ0v) is 10.9. The lowest BCUT2D eigenvalue weighted by Gasteiger charge is -2.06. The summed E-state index contributed by atoms with van der Waals surface area (Å²) >= 11 is 0. The monoisotopic (exact) mass is 296 g/mol. The molecule has 0 aliphatic carbocycles. The SMILES string of the molecule is Cc1cc(C(F)(F)F)cn1-c1cccc(C#N)c1.O=CO. The summed E-state index contributed by atoms with van der Waals surface area (Å²) in [7, 11) is 0. The van der Waals surface area contributed by atoms with Gasteiger partial charge in [-0.25, -0.2) is 0 Å². The Morgan fingerprint density at radius 2 is 1.95 bits per heavy atom. The van der Waals surface area contributed by atoms with Gasteiger partial charge in [-0.15, -0.1) is 0 Å². The van der Waals surface area contributed by atoms with Crippen LogP contribution in [0.3, 0.4) is 0 Å². The van der Waals surface area contributed by atoms with Gasteiger partial charge < -0.3 is 9.67 Å². The minimum atomic E-state index is -4.36. The average Bonchev–Trinajstić information content (AvgIpc) is 2.82. The molecule has 1 N–H and O–H groups in total. The lowest BCUT2D eigenvalue weighted by molar-refractivity contribution is -0.137. The summed E-state index contributed by atoms with van der Waals surface area (Å²) in [5.74, 6) is 0. The predicted molar refractivity (Wildman–Crippen MR) is 68.9 cm³/mol. The summed E-state index contributed by atoms with van der Waals surface area (Å²) in [4.78, 5) is 8.36. The fraction of sp³-hybridized carbons (Fsp3) is 0.143. The highest BCUT2D eigenvalue weighted by atomic mass is 19.4. The van der Waals surface area contributed by atoms with E-state index in [9.17, 15) is 13.2 Å². The molecule has 1 aromatic heterocycles. The van der Waals surface area contributed by atoms with Gasteiger partial charge >= 0.3 is 6.18 Å². The van der Waals surface area contributed by atoms with E-state index in [0.29, 0.717) is 16.9 Å². The number of aryl methyl sites for hydroxylation is 1. The number of benzene rings is 1. The van der Waals surface area contributed by atoms with E-state index in [-0.39, 0.29) is 6.47 Å². The number of carbonyl (C=O) groups is 1. The van der Waals surface area contributed by atoms with Crippen molar-refractivity contribution in [3.63, 3.8) is 0 Å². The molecular weight excluding hydrogens is 285 g/mol. The third-order valence-electron chi connectivity index (χ3n) is 2.59. The molecule has 1 aromatic carbocycles. The van der Waals surface area contributed by atoms with Crippen LogP contribution >= 0.6 is 0 Å². The number of nitriles is 1. The van der Waals surface area contributed by atoms with E-state index in [1.807, 2.05) is 6.07 Å². The van der Waals surface area contributed by atoms with Gasteiger partial charge in [0.2, 0.25) is 0 Å². The fourth-order valence-corrected chi connectivity index (χ4v) is 1.73. The van der Waals surface area contributed by atoms with Gasteiger partial charge in [-0.1, -0.05) is 6.07 Å². The van der Waals surface area contributed by atoms with Gasteiger partial charge in [-0.3, -0.25) is 4.79 Å². The highest BCUT2D eigenvalue weighted by Gasteiger charge is 2.32. The third kappa shape index (κ3) is 4.11. The molecule has 0 fully saturated rings. The summed E-state index contributed by atoms with van der Waals surface area (Å²) in [5.41, 5.74) is 0.732. The molecule has 0 aliphatic heterocycles. The Hall–Kier alpha value is -2.75. The topological polar surface area (TPSA) is 66.0 Å². The van der Waals surface area contributed by atoms with Crippen LogP contribution in [-0.4, -0.2) is 16.1 Å². The van der Waals surface area contributed by atoms with Crippen LogP contribution in [0.25, 0.3) is 5.69 Å². The smallest absolute Gasteiger partial charge is 0.417 e. The number of nitrogens with zero attached hydrogens (tertiary/aromatic N) is 2. The molecule has 2 rings (SSSR count). The van der Waals surface area contributed by atoms with Crippen LogP contribution in [0.1, 0.15) is 16.8 Å². The van der Waals surface area contributed by atoms with Crippen LogP contribution in [-0.2, 0) is 11.0 Å². The fourth-order valence-electron chi connectivity index (χ4n) is 1.73. The van der Waals surface area contributed by atoms with E-state index < -0.39 is 11.7 Å². The van der Waals surface area contributed by atoms with E-state index in [0.717, 1.165) is 12.3 Å². The molecule has 0 bridgehead atoms. The third-order valence-corrected chi connectivity index (χ3v) is 2.59. The van der Waals surface area contributed by atoms with Crippen molar-refractivity contribution >= 4 is 6.47 Å². The summed E-state index contributed by atoms with van der Waals surface area (Å²) in [5, 5.41) is 15.7. The summed E-state index contributed by atoms with van der Waals surface area (Å²) in [6.45, 7) is 1.34. The van der Waals surface area contributed by atoms with Crippen molar-refractivity contribution in [2.24, 2.45) is 0 Å². The van der Waals surface area contributed by atoms with Gasteiger partial charge in [0.25, 0.3) is 6.47 Å². The van der Waals surface area contributed by atoms with Crippen molar-refractivity contribution in [1.29, 1.82) is 5.26 Å². The normalized spacial score (nSPS) is 10.2. The number of hydrogen-bond donors (Lipinski definition) is 1. The van der Waals surface area contributed by atoms with E-state index in [4.69, 9.17) is 15.2 Å². The molecule has 0 saturated heterocycles. The second-order valence-electron chi connectivity index (χ2n) is 4.01. The molecule has 7 heteroatoms. The summed E-state index contributed by atoms with van der Waals surface area (Å²) < 4.78 is 39.2. The van der Waals surface area contributed by atoms with E-state index in [2.05, 4.69) is 0 Å². The molecule has 0 amide bonds. The van der Waals surface area contributed by atoms with Crippen LogP contribution in [0.5, 0.6) is 0 Å². The quantitative estimate of drug-likeness (QED) is 0.820. The Kier molecular flexibility index (Phi) is 5.13. The first-order valence-electron chi connectivity index (χ1n) is 5.68. The van der Waals surface area contributed by atoms with Crippen LogP contribution in [0.2, 0.25) is 0 Å². The maximum Gasteiger partial charge on any atom is 0.417 e. The van der Waals surface area contributed by atoms with E-state index in [1.165, 1.54) is 4.57 Å². The van der Waals surface area contributed by atoms with E-state index >= 15 is 0 Å². The predicted octanol–water partition coefficient (Wildman–Crippen LogP) is 3.38. The number of carboxylic acid groups (broad SMARTS) is 1. The first-order chi connectivity index (χ1) is 9.83. The molecular formula is C14H11F3N2O2. The molecule has 0 radical (unpaired) electrons. The van der Waals surface area contributed by atoms with Crippen molar-refractivity contribution in [3.8, 4) is 11.8 Å². The van der Waals surface area contributed by atoms with Gasteiger partial charge in [-0.2, -0.15) is 18.4 Å². The van der Waals surface area contributed by atoms with Crippen molar-refractivity contribution < 1.29 is 23.1 Å². The van der Waals surface area contributed by atoms with Crippen LogP contribution in [0, 0.1) is 18.3 Å². The van der Waals surface area contributed by atoms with Crippen molar-refractivity contribution in [2.75, 3.05) is 0 Å².